The molecular formula is C14H14IN3O. The average molecular weight is 367 g/mol. The first kappa shape index (κ1) is 12.7. The average Bonchev–Trinajstić information content (AvgIpc) is 2.66. The fraction of sp³-hybridized carbons (Fsp3) is 0.286. The minimum absolute atomic E-state index is 0.173. The number of aromatic nitrogens is 2. The Kier molecular flexibility index (Phi) is 2.88. The number of rotatable bonds is 1. The van der Waals surface area contributed by atoms with Crippen LogP contribution in [0.5, 0.6) is 5.75 Å². The fourth-order valence-electron chi connectivity index (χ4n) is 2.30. The summed E-state index contributed by atoms with van der Waals surface area (Å²) in [7, 11) is 0. The maximum absolute atomic E-state index is 6.03. The molecule has 0 unspecified atom stereocenters. The van der Waals surface area contributed by atoms with E-state index in [0.717, 1.165) is 21.3 Å². The summed E-state index contributed by atoms with van der Waals surface area (Å²) < 4.78 is 6.88. The molecular weight excluding hydrogens is 353 g/mol. The predicted octanol–water partition coefficient (Wildman–Crippen LogP) is 3.04. The van der Waals surface area contributed by atoms with Crippen LogP contribution < -0.4 is 10.5 Å². The summed E-state index contributed by atoms with van der Waals surface area (Å²) in [4.78, 5) is 8.70. The second-order valence-corrected chi connectivity index (χ2v) is 6.42. The van der Waals surface area contributed by atoms with Gasteiger partial charge in [0.25, 0.3) is 0 Å². The van der Waals surface area contributed by atoms with Crippen LogP contribution >= 0.6 is 22.6 Å². The third-order valence-corrected chi connectivity index (χ3v) is 3.93. The Balaban J connectivity index is 2.13. The van der Waals surface area contributed by atoms with Crippen molar-refractivity contribution in [3.05, 3.63) is 33.5 Å². The molecule has 0 bridgehead atoms. The van der Waals surface area contributed by atoms with E-state index in [1.54, 1.807) is 6.20 Å². The summed E-state index contributed by atoms with van der Waals surface area (Å²) in [5.74, 6) is 2.00. The zero-order valence-corrected chi connectivity index (χ0v) is 12.9. The standard InChI is InChI=1S/C14H14IN3O/c1-14(2)6-8-4-3-5-9(11(8)19-14)13-17-7-10(15)12(16)18-13/h3-5,7H,6H2,1-2H3,(H2,16,17,18). The van der Waals surface area contributed by atoms with Crippen molar-refractivity contribution >= 4 is 28.4 Å². The number of nitrogen functional groups attached to an aromatic ring is 1. The Bertz CT molecular complexity index is 655. The van der Waals surface area contributed by atoms with E-state index in [2.05, 4.69) is 52.5 Å². The van der Waals surface area contributed by atoms with Crippen LogP contribution in [0.15, 0.2) is 24.4 Å². The molecule has 0 aliphatic carbocycles. The molecule has 4 nitrogen and oxygen atoms in total. The van der Waals surface area contributed by atoms with Crippen LogP contribution in [-0.4, -0.2) is 15.6 Å². The van der Waals surface area contributed by atoms with Crippen molar-refractivity contribution in [2.75, 3.05) is 5.73 Å². The predicted molar refractivity (Wildman–Crippen MR) is 83.0 cm³/mol. The lowest BCUT2D eigenvalue weighted by molar-refractivity contribution is 0.139. The molecule has 5 heteroatoms. The Morgan fingerprint density at radius 1 is 1.37 bits per heavy atom. The van der Waals surface area contributed by atoms with E-state index in [1.165, 1.54) is 5.56 Å². The van der Waals surface area contributed by atoms with Crippen LogP contribution in [0.1, 0.15) is 19.4 Å². The minimum atomic E-state index is -0.173. The van der Waals surface area contributed by atoms with Crippen LogP contribution in [0.2, 0.25) is 0 Å². The first-order chi connectivity index (χ1) is 8.96. The van der Waals surface area contributed by atoms with Gasteiger partial charge in [-0.05, 0) is 48.1 Å². The number of halogens is 1. The number of ether oxygens (including phenoxy) is 1. The monoisotopic (exact) mass is 367 g/mol. The minimum Gasteiger partial charge on any atom is -0.486 e. The molecule has 1 aliphatic rings. The van der Waals surface area contributed by atoms with Gasteiger partial charge in [0, 0.05) is 12.6 Å². The van der Waals surface area contributed by atoms with Gasteiger partial charge in [0.05, 0.1) is 9.13 Å². The molecule has 2 N–H and O–H groups in total. The van der Waals surface area contributed by atoms with Gasteiger partial charge in [0.15, 0.2) is 5.82 Å². The number of hydrogen-bond acceptors (Lipinski definition) is 4. The van der Waals surface area contributed by atoms with Crippen LogP contribution in [-0.2, 0) is 6.42 Å². The second kappa shape index (κ2) is 4.33. The van der Waals surface area contributed by atoms with Crippen LogP contribution in [0, 0.1) is 3.57 Å². The fourth-order valence-corrected chi connectivity index (χ4v) is 2.56. The molecule has 1 aliphatic heterocycles. The number of benzene rings is 1. The summed E-state index contributed by atoms with van der Waals surface area (Å²) in [5, 5.41) is 0. The molecule has 0 amide bonds. The lowest BCUT2D eigenvalue weighted by Gasteiger charge is -2.18. The summed E-state index contributed by atoms with van der Waals surface area (Å²) in [6.45, 7) is 4.17. The smallest absolute Gasteiger partial charge is 0.165 e. The van der Waals surface area contributed by atoms with Crippen molar-refractivity contribution in [3.8, 4) is 17.1 Å². The Labute approximate surface area is 125 Å². The van der Waals surface area contributed by atoms with Gasteiger partial charge in [-0.2, -0.15) is 0 Å². The van der Waals surface area contributed by atoms with E-state index in [4.69, 9.17) is 10.5 Å². The quantitative estimate of drug-likeness (QED) is 0.788. The lowest BCUT2D eigenvalue weighted by atomic mass is 10.0. The van der Waals surface area contributed by atoms with Crippen LogP contribution in [0.25, 0.3) is 11.4 Å². The number of anilines is 1. The highest BCUT2D eigenvalue weighted by molar-refractivity contribution is 14.1. The van der Waals surface area contributed by atoms with Crippen molar-refractivity contribution in [3.63, 3.8) is 0 Å². The molecule has 0 fully saturated rings. The van der Waals surface area contributed by atoms with Gasteiger partial charge >= 0.3 is 0 Å². The van der Waals surface area contributed by atoms with Gasteiger partial charge in [-0.25, -0.2) is 9.97 Å². The van der Waals surface area contributed by atoms with Gasteiger partial charge in [-0.15, -0.1) is 0 Å². The molecule has 3 rings (SSSR count). The number of para-hydroxylation sites is 1. The van der Waals surface area contributed by atoms with Gasteiger partial charge in [0.2, 0.25) is 0 Å². The maximum atomic E-state index is 6.03. The first-order valence-corrected chi connectivity index (χ1v) is 7.13. The normalized spacial score (nSPS) is 15.9. The van der Waals surface area contributed by atoms with Crippen LogP contribution in [0.3, 0.4) is 0 Å². The largest absolute Gasteiger partial charge is 0.486 e. The summed E-state index contributed by atoms with van der Waals surface area (Å²) in [6.07, 6.45) is 2.63. The SMILES string of the molecule is CC1(C)Cc2cccc(-c3ncc(I)c(N)n3)c2O1. The first-order valence-electron chi connectivity index (χ1n) is 6.05. The molecule has 2 heterocycles. The zero-order valence-electron chi connectivity index (χ0n) is 10.8. The third kappa shape index (κ3) is 2.27. The van der Waals surface area contributed by atoms with Crippen molar-refractivity contribution in [2.24, 2.45) is 0 Å². The summed E-state index contributed by atoms with van der Waals surface area (Å²) in [5.41, 5.74) is 7.79. The highest BCUT2D eigenvalue weighted by Gasteiger charge is 2.32. The highest BCUT2D eigenvalue weighted by atomic mass is 127. The van der Waals surface area contributed by atoms with E-state index < -0.39 is 0 Å². The lowest BCUT2D eigenvalue weighted by Crippen LogP contribution is -2.24. The van der Waals surface area contributed by atoms with E-state index in [9.17, 15) is 0 Å². The number of fused-ring (bicyclic) bond motifs is 1. The van der Waals surface area contributed by atoms with Gasteiger partial charge < -0.3 is 10.5 Å². The van der Waals surface area contributed by atoms with E-state index in [-0.39, 0.29) is 5.60 Å². The number of nitrogens with two attached hydrogens (primary N) is 1. The topological polar surface area (TPSA) is 61.0 Å². The van der Waals surface area contributed by atoms with Gasteiger partial charge in [0.1, 0.15) is 17.2 Å². The van der Waals surface area contributed by atoms with Crippen molar-refractivity contribution < 1.29 is 4.74 Å². The number of nitrogens with zero attached hydrogens (tertiary/aromatic N) is 2. The Morgan fingerprint density at radius 3 is 2.89 bits per heavy atom. The third-order valence-electron chi connectivity index (χ3n) is 3.10. The molecule has 1 aromatic carbocycles. The molecule has 0 saturated heterocycles. The van der Waals surface area contributed by atoms with Gasteiger partial charge in [-0.3, -0.25) is 0 Å². The molecule has 0 radical (unpaired) electrons. The molecule has 0 spiro atoms. The zero-order chi connectivity index (χ0) is 13.6. The molecule has 1 aromatic heterocycles. The van der Waals surface area contributed by atoms with Crippen molar-refractivity contribution in [1.29, 1.82) is 0 Å². The molecule has 0 saturated carbocycles. The Hall–Kier alpha value is -1.37. The molecule has 2 aromatic rings. The second-order valence-electron chi connectivity index (χ2n) is 5.26. The van der Waals surface area contributed by atoms with Crippen molar-refractivity contribution in [2.45, 2.75) is 25.9 Å². The van der Waals surface area contributed by atoms with E-state index in [1.807, 2.05) is 12.1 Å². The van der Waals surface area contributed by atoms with Crippen LogP contribution in [0.4, 0.5) is 5.82 Å². The van der Waals surface area contributed by atoms with Crippen molar-refractivity contribution in [1.82, 2.24) is 9.97 Å². The number of hydrogen-bond donors (Lipinski definition) is 1. The molecule has 0 atom stereocenters. The summed E-state index contributed by atoms with van der Waals surface area (Å²) >= 11 is 2.12. The highest BCUT2D eigenvalue weighted by Crippen LogP contribution is 2.41. The van der Waals surface area contributed by atoms with E-state index in [0.29, 0.717) is 11.6 Å². The maximum Gasteiger partial charge on any atom is 0.165 e. The molecule has 98 valence electrons. The Morgan fingerprint density at radius 2 is 2.16 bits per heavy atom. The molecule has 19 heavy (non-hydrogen) atoms. The van der Waals surface area contributed by atoms with E-state index >= 15 is 0 Å². The summed E-state index contributed by atoms with van der Waals surface area (Å²) in [6, 6.07) is 6.07. The van der Waals surface area contributed by atoms with Gasteiger partial charge in [-0.1, -0.05) is 12.1 Å².